The van der Waals surface area contributed by atoms with E-state index in [-0.39, 0.29) is 12.3 Å². The molecule has 0 saturated heterocycles. The summed E-state index contributed by atoms with van der Waals surface area (Å²) >= 11 is 0. The van der Waals surface area contributed by atoms with E-state index in [4.69, 9.17) is 0 Å². The normalized spacial score (nSPS) is 24.3. The van der Waals surface area contributed by atoms with Crippen LogP contribution in [0.4, 0.5) is 0 Å². The molecule has 1 amide bonds. The third-order valence-electron chi connectivity index (χ3n) is 4.91. The lowest BCUT2D eigenvalue weighted by atomic mass is 9.82. The summed E-state index contributed by atoms with van der Waals surface area (Å²) in [7, 11) is 0. The Hall–Kier alpha value is -1.36. The number of nitrogens with zero attached hydrogens (tertiary/aromatic N) is 2. The number of imidazole rings is 1. The summed E-state index contributed by atoms with van der Waals surface area (Å²) in [6.07, 6.45) is 10.9. The zero-order valence-corrected chi connectivity index (χ0v) is 12.6. The SMILES string of the molecule is O=C(CC1(O)CCCCC1)NC[C@@H]1CCn2ccnc2C1. The molecule has 0 aromatic carbocycles. The molecule has 2 heterocycles. The number of carbonyl (C=O) groups excluding carboxylic acids is 1. The highest BCUT2D eigenvalue weighted by Gasteiger charge is 2.31. The Balaban J connectivity index is 1.44. The fourth-order valence-electron chi connectivity index (χ4n) is 3.60. The van der Waals surface area contributed by atoms with Gasteiger partial charge in [-0.3, -0.25) is 4.79 Å². The lowest BCUT2D eigenvalue weighted by Gasteiger charge is -2.31. The summed E-state index contributed by atoms with van der Waals surface area (Å²) in [5.74, 6) is 1.57. The molecular weight excluding hydrogens is 266 g/mol. The van der Waals surface area contributed by atoms with E-state index in [0.717, 1.165) is 50.9 Å². The van der Waals surface area contributed by atoms with Gasteiger partial charge in [-0.1, -0.05) is 19.3 Å². The molecular formula is C16H25N3O2. The number of amides is 1. The van der Waals surface area contributed by atoms with Gasteiger partial charge in [-0.05, 0) is 25.2 Å². The van der Waals surface area contributed by atoms with Gasteiger partial charge in [-0.15, -0.1) is 0 Å². The van der Waals surface area contributed by atoms with Crippen molar-refractivity contribution in [3.63, 3.8) is 0 Å². The first-order valence-corrected chi connectivity index (χ1v) is 8.14. The van der Waals surface area contributed by atoms with Gasteiger partial charge in [0.25, 0.3) is 0 Å². The number of aliphatic hydroxyl groups is 1. The molecule has 1 aliphatic carbocycles. The second-order valence-corrected chi connectivity index (χ2v) is 6.66. The highest BCUT2D eigenvalue weighted by Crippen LogP contribution is 2.30. The van der Waals surface area contributed by atoms with Gasteiger partial charge < -0.3 is 15.0 Å². The van der Waals surface area contributed by atoms with E-state index in [1.165, 1.54) is 6.42 Å². The molecule has 0 radical (unpaired) electrons. The van der Waals surface area contributed by atoms with E-state index in [1.807, 2.05) is 12.4 Å². The van der Waals surface area contributed by atoms with Gasteiger partial charge >= 0.3 is 0 Å². The number of fused-ring (bicyclic) bond motifs is 1. The maximum Gasteiger partial charge on any atom is 0.222 e. The van der Waals surface area contributed by atoms with Crippen molar-refractivity contribution in [3.05, 3.63) is 18.2 Å². The Morgan fingerprint density at radius 3 is 3.05 bits per heavy atom. The first-order valence-electron chi connectivity index (χ1n) is 8.14. The van der Waals surface area contributed by atoms with Crippen LogP contribution in [-0.2, 0) is 17.8 Å². The maximum atomic E-state index is 12.1. The van der Waals surface area contributed by atoms with Crippen LogP contribution in [-0.4, -0.2) is 32.7 Å². The summed E-state index contributed by atoms with van der Waals surface area (Å²) in [4.78, 5) is 16.4. The Morgan fingerprint density at radius 1 is 1.43 bits per heavy atom. The fourth-order valence-corrected chi connectivity index (χ4v) is 3.60. The monoisotopic (exact) mass is 291 g/mol. The highest BCUT2D eigenvalue weighted by atomic mass is 16.3. The Bertz CT molecular complexity index is 491. The third-order valence-corrected chi connectivity index (χ3v) is 4.91. The average molecular weight is 291 g/mol. The largest absolute Gasteiger partial charge is 0.389 e. The molecule has 2 N–H and O–H groups in total. The summed E-state index contributed by atoms with van der Waals surface area (Å²) in [6.45, 7) is 1.68. The van der Waals surface area contributed by atoms with Crippen molar-refractivity contribution in [3.8, 4) is 0 Å². The number of aromatic nitrogens is 2. The number of nitrogens with one attached hydrogen (secondary N) is 1. The van der Waals surface area contributed by atoms with Crippen molar-refractivity contribution < 1.29 is 9.90 Å². The summed E-state index contributed by atoms with van der Waals surface area (Å²) < 4.78 is 2.18. The van der Waals surface area contributed by atoms with Gasteiger partial charge in [-0.25, -0.2) is 4.98 Å². The van der Waals surface area contributed by atoms with Crippen LogP contribution in [0.2, 0.25) is 0 Å². The number of rotatable bonds is 4. The van der Waals surface area contributed by atoms with Crippen LogP contribution in [0.1, 0.15) is 50.8 Å². The second kappa shape index (κ2) is 6.18. The number of aryl methyl sites for hydroxylation is 1. The topological polar surface area (TPSA) is 67.2 Å². The van der Waals surface area contributed by atoms with E-state index >= 15 is 0 Å². The van der Waals surface area contributed by atoms with Crippen LogP contribution in [0.3, 0.4) is 0 Å². The molecule has 0 unspecified atom stereocenters. The lowest BCUT2D eigenvalue weighted by molar-refractivity contribution is -0.127. The molecule has 1 aromatic heterocycles. The molecule has 1 fully saturated rings. The van der Waals surface area contributed by atoms with Gasteiger partial charge in [0.15, 0.2) is 0 Å². The van der Waals surface area contributed by atoms with Crippen molar-refractivity contribution in [2.24, 2.45) is 5.92 Å². The van der Waals surface area contributed by atoms with Gasteiger partial charge in [-0.2, -0.15) is 0 Å². The predicted molar refractivity (Wildman–Crippen MR) is 79.7 cm³/mol. The van der Waals surface area contributed by atoms with Crippen molar-refractivity contribution in [2.75, 3.05) is 6.54 Å². The molecule has 5 heteroatoms. The predicted octanol–water partition coefficient (Wildman–Crippen LogP) is 1.65. The first-order chi connectivity index (χ1) is 10.1. The minimum atomic E-state index is -0.759. The zero-order chi connectivity index (χ0) is 14.7. The number of carbonyl (C=O) groups is 1. The third kappa shape index (κ3) is 3.64. The van der Waals surface area contributed by atoms with Gasteiger partial charge in [0.1, 0.15) is 5.82 Å². The van der Waals surface area contributed by atoms with E-state index in [0.29, 0.717) is 12.5 Å². The summed E-state index contributed by atoms with van der Waals surface area (Å²) in [5.41, 5.74) is -0.759. The van der Waals surface area contributed by atoms with Gasteiger partial charge in [0.2, 0.25) is 5.91 Å². The van der Waals surface area contributed by atoms with E-state index in [1.54, 1.807) is 0 Å². The second-order valence-electron chi connectivity index (χ2n) is 6.66. The van der Waals surface area contributed by atoms with Crippen LogP contribution in [0, 0.1) is 5.92 Å². The zero-order valence-electron chi connectivity index (χ0n) is 12.6. The van der Waals surface area contributed by atoms with Crippen molar-refractivity contribution in [2.45, 2.75) is 63.5 Å². The molecule has 1 aliphatic heterocycles. The molecule has 0 bridgehead atoms. The molecule has 0 spiro atoms. The Labute approximate surface area is 125 Å². The quantitative estimate of drug-likeness (QED) is 0.886. The van der Waals surface area contributed by atoms with Crippen molar-refractivity contribution in [1.29, 1.82) is 0 Å². The Morgan fingerprint density at radius 2 is 2.24 bits per heavy atom. The summed E-state index contributed by atoms with van der Waals surface area (Å²) in [6, 6.07) is 0. The average Bonchev–Trinajstić information content (AvgIpc) is 2.93. The lowest BCUT2D eigenvalue weighted by Crippen LogP contribution is -2.40. The van der Waals surface area contributed by atoms with Crippen LogP contribution < -0.4 is 5.32 Å². The molecule has 1 aromatic rings. The smallest absolute Gasteiger partial charge is 0.222 e. The molecule has 3 rings (SSSR count). The van der Waals surface area contributed by atoms with Crippen LogP contribution in [0.5, 0.6) is 0 Å². The maximum absolute atomic E-state index is 12.1. The summed E-state index contributed by atoms with van der Waals surface area (Å²) in [5, 5.41) is 13.4. The van der Waals surface area contributed by atoms with Crippen LogP contribution >= 0.6 is 0 Å². The Kier molecular flexibility index (Phi) is 4.29. The highest BCUT2D eigenvalue weighted by molar-refractivity contribution is 5.77. The molecule has 1 saturated carbocycles. The van der Waals surface area contributed by atoms with Gasteiger partial charge in [0, 0.05) is 31.9 Å². The van der Waals surface area contributed by atoms with Crippen LogP contribution in [0.15, 0.2) is 12.4 Å². The first kappa shape index (κ1) is 14.6. The molecule has 5 nitrogen and oxygen atoms in total. The van der Waals surface area contributed by atoms with Gasteiger partial charge in [0.05, 0.1) is 12.0 Å². The van der Waals surface area contributed by atoms with E-state index in [2.05, 4.69) is 14.9 Å². The number of hydrogen-bond donors (Lipinski definition) is 2. The molecule has 2 aliphatic rings. The van der Waals surface area contributed by atoms with Crippen molar-refractivity contribution in [1.82, 2.24) is 14.9 Å². The van der Waals surface area contributed by atoms with Crippen LogP contribution in [0.25, 0.3) is 0 Å². The van der Waals surface area contributed by atoms with Crippen molar-refractivity contribution >= 4 is 5.91 Å². The number of hydrogen-bond acceptors (Lipinski definition) is 3. The fraction of sp³-hybridized carbons (Fsp3) is 0.750. The molecule has 21 heavy (non-hydrogen) atoms. The minimum absolute atomic E-state index is 0.00619. The molecule has 1 atom stereocenters. The molecule has 116 valence electrons. The van der Waals surface area contributed by atoms with E-state index in [9.17, 15) is 9.90 Å². The standard InChI is InChI=1S/C16H25N3O2/c20-15(11-16(21)5-2-1-3-6-16)18-12-13-4-8-19-9-7-17-14(19)10-13/h7,9,13,21H,1-6,8,10-12H2,(H,18,20)/t13-/m1/s1. The van der Waals surface area contributed by atoms with E-state index < -0.39 is 5.60 Å². The minimum Gasteiger partial charge on any atom is -0.389 e.